The lowest BCUT2D eigenvalue weighted by Gasteiger charge is -2.08. The number of pyridine rings is 2. The first-order valence-corrected chi connectivity index (χ1v) is 5.61. The van der Waals surface area contributed by atoms with Gasteiger partial charge in [0.25, 0.3) is 5.56 Å². The van der Waals surface area contributed by atoms with Gasteiger partial charge in [-0.25, -0.2) is 0 Å². The summed E-state index contributed by atoms with van der Waals surface area (Å²) in [6, 6.07) is 7.41. The average Bonchev–Trinajstić information content (AvgIpc) is 2.27. The number of nitrogens with zero attached hydrogens (tertiary/aromatic N) is 2. The number of aryl methyl sites for hydroxylation is 3. The van der Waals surface area contributed by atoms with Gasteiger partial charge in [-0.3, -0.25) is 9.78 Å². The molecule has 2 aromatic rings. The van der Waals surface area contributed by atoms with Crippen molar-refractivity contribution in [3.63, 3.8) is 0 Å². The van der Waals surface area contributed by atoms with Crippen LogP contribution in [0.3, 0.4) is 0 Å². The number of rotatable bonds is 1. The molecule has 2 aromatic heterocycles. The number of aromatic amines is 1. The fourth-order valence-corrected chi connectivity index (χ4v) is 2.00. The maximum absolute atomic E-state index is 11.5. The Morgan fingerprint density at radius 2 is 1.78 bits per heavy atom. The summed E-state index contributed by atoms with van der Waals surface area (Å²) in [6.45, 7) is 5.66. The van der Waals surface area contributed by atoms with Crippen molar-refractivity contribution in [2.24, 2.45) is 0 Å². The van der Waals surface area contributed by atoms with E-state index in [1.807, 2.05) is 39.0 Å². The van der Waals surface area contributed by atoms with Crippen molar-refractivity contribution in [3.05, 3.63) is 51.2 Å². The molecular formula is C14H13N3O. The molecule has 4 nitrogen and oxygen atoms in total. The van der Waals surface area contributed by atoms with Crippen molar-refractivity contribution < 1.29 is 0 Å². The number of H-pyrrole nitrogens is 1. The zero-order valence-corrected chi connectivity index (χ0v) is 10.5. The number of nitriles is 1. The topological polar surface area (TPSA) is 69.5 Å². The van der Waals surface area contributed by atoms with E-state index in [0.29, 0.717) is 0 Å². The van der Waals surface area contributed by atoms with Gasteiger partial charge < -0.3 is 4.98 Å². The van der Waals surface area contributed by atoms with E-state index >= 15 is 0 Å². The summed E-state index contributed by atoms with van der Waals surface area (Å²) in [7, 11) is 0. The van der Waals surface area contributed by atoms with E-state index < -0.39 is 0 Å². The zero-order chi connectivity index (χ0) is 13.3. The molecule has 0 bridgehead atoms. The van der Waals surface area contributed by atoms with Gasteiger partial charge in [0.05, 0.1) is 0 Å². The molecule has 2 heterocycles. The Morgan fingerprint density at radius 1 is 1.17 bits per heavy atom. The van der Waals surface area contributed by atoms with Crippen LogP contribution < -0.4 is 5.56 Å². The molecule has 18 heavy (non-hydrogen) atoms. The second-order valence-corrected chi connectivity index (χ2v) is 4.30. The Labute approximate surface area is 105 Å². The highest BCUT2D eigenvalue weighted by Crippen LogP contribution is 2.23. The first-order chi connectivity index (χ1) is 8.51. The predicted octanol–water partition coefficient (Wildman–Crippen LogP) is 2.23. The van der Waals surface area contributed by atoms with Crippen LogP contribution in [0.15, 0.2) is 23.0 Å². The standard InChI is InChI=1S/C14H13N3O/c1-8-4-11(5-9(2)16-8)13-6-12(7-15)14(18)17-10(13)3/h4-6H,1-3H3,(H,17,18). The molecule has 0 saturated carbocycles. The van der Waals surface area contributed by atoms with Crippen LogP contribution in [0, 0.1) is 32.1 Å². The molecule has 0 radical (unpaired) electrons. The van der Waals surface area contributed by atoms with Gasteiger partial charge in [0.1, 0.15) is 11.6 Å². The Kier molecular flexibility index (Phi) is 2.99. The summed E-state index contributed by atoms with van der Waals surface area (Å²) < 4.78 is 0. The molecule has 0 aliphatic carbocycles. The summed E-state index contributed by atoms with van der Waals surface area (Å²) in [5.41, 5.74) is 4.18. The molecule has 0 atom stereocenters. The van der Waals surface area contributed by atoms with E-state index in [1.165, 1.54) is 0 Å². The molecule has 0 unspecified atom stereocenters. The molecule has 1 N–H and O–H groups in total. The van der Waals surface area contributed by atoms with Gasteiger partial charge in [-0.05, 0) is 44.5 Å². The number of aromatic nitrogens is 2. The number of hydrogen-bond donors (Lipinski definition) is 1. The Bertz CT molecular complexity index is 688. The van der Waals surface area contributed by atoms with E-state index in [1.54, 1.807) is 6.07 Å². The third-order valence-electron chi connectivity index (χ3n) is 2.75. The minimum absolute atomic E-state index is 0.128. The van der Waals surface area contributed by atoms with Gasteiger partial charge in [-0.2, -0.15) is 5.26 Å². The van der Waals surface area contributed by atoms with E-state index in [2.05, 4.69) is 9.97 Å². The quantitative estimate of drug-likeness (QED) is 0.829. The number of hydrogen-bond acceptors (Lipinski definition) is 3. The summed E-state index contributed by atoms with van der Waals surface area (Å²) in [4.78, 5) is 18.5. The van der Waals surface area contributed by atoms with Crippen LogP contribution >= 0.6 is 0 Å². The molecule has 0 spiro atoms. The lowest BCUT2D eigenvalue weighted by Crippen LogP contribution is -2.12. The molecule has 0 amide bonds. The first kappa shape index (κ1) is 12.1. The summed E-state index contributed by atoms with van der Waals surface area (Å²) in [6.07, 6.45) is 0. The fourth-order valence-electron chi connectivity index (χ4n) is 2.00. The Hall–Kier alpha value is -2.41. The summed E-state index contributed by atoms with van der Waals surface area (Å²) in [5.74, 6) is 0. The molecule has 4 heteroatoms. The third-order valence-corrected chi connectivity index (χ3v) is 2.75. The Morgan fingerprint density at radius 3 is 2.33 bits per heavy atom. The zero-order valence-electron chi connectivity index (χ0n) is 10.5. The SMILES string of the molecule is Cc1cc(-c2cc(C#N)c(=O)[nH]c2C)cc(C)n1. The van der Waals surface area contributed by atoms with E-state index in [-0.39, 0.29) is 11.1 Å². The van der Waals surface area contributed by atoms with Gasteiger partial charge in [0.15, 0.2) is 0 Å². The minimum Gasteiger partial charge on any atom is -0.325 e. The smallest absolute Gasteiger partial charge is 0.266 e. The van der Waals surface area contributed by atoms with Gasteiger partial charge >= 0.3 is 0 Å². The average molecular weight is 239 g/mol. The molecule has 0 saturated heterocycles. The lowest BCUT2D eigenvalue weighted by molar-refractivity contribution is 1.11. The molecule has 0 aromatic carbocycles. The monoisotopic (exact) mass is 239 g/mol. The van der Waals surface area contributed by atoms with Crippen LogP contribution in [0.2, 0.25) is 0 Å². The predicted molar refractivity (Wildman–Crippen MR) is 69.2 cm³/mol. The van der Waals surface area contributed by atoms with Crippen molar-refractivity contribution in [1.29, 1.82) is 5.26 Å². The van der Waals surface area contributed by atoms with Crippen molar-refractivity contribution in [1.82, 2.24) is 9.97 Å². The lowest BCUT2D eigenvalue weighted by atomic mass is 10.0. The molecular weight excluding hydrogens is 226 g/mol. The van der Waals surface area contributed by atoms with Gasteiger partial charge in [-0.15, -0.1) is 0 Å². The van der Waals surface area contributed by atoms with Crippen molar-refractivity contribution in [2.45, 2.75) is 20.8 Å². The second-order valence-electron chi connectivity index (χ2n) is 4.30. The van der Waals surface area contributed by atoms with Gasteiger partial charge in [0.2, 0.25) is 0 Å². The molecule has 2 rings (SSSR count). The van der Waals surface area contributed by atoms with Crippen LogP contribution in [0.4, 0.5) is 0 Å². The van der Waals surface area contributed by atoms with E-state index in [9.17, 15) is 4.79 Å². The third kappa shape index (κ3) is 2.16. The molecule has 90 valence electrons. The minimum atomic E-state index is -0.346. The largest absolute Gasteiger partial charge is 0.325 e. The van der Waals surface area contributed by atoms with Crippen molar-refractivity contribution >= 4 is 0 Å². The van der Waals surface area contributed by atoms with Crippen molar-refractivity contribution in [2.75, 3.05) is 0 Å². The van der Waals surface area contributed by atoms with E-state index in [4.69, 9.17) is 5.26 Å². The maximum Gasteiger partial charge on any atom is 0.266 e. The fraction of sp³-hybridized carbons (Fsp3) is 0.214. The normalized spacial score (nSPS) is 10.1. The van der Waals surface area contributed by atoms with Crippen LogP contribution in [0.25, 0.3) is 11.1 Å². The summed E-state index contributed by atoms with van der Waals surface area (Å²) in [5, 5.41) is 8.91. The van der Waals surface area contributed by atoms with Crippen LogP contribution in [-0.2, 0) is 0 Å². The van der Waals surface area contributed by atoms with Crippen LogP contribution in [-0.4, -0.2) is 9.97 Å². The molecule has 0 aliphatic rings. The van der Waals surface area contributed by atoms with Gasteiger partial charge in [-0.1, -0.05) is 0 Å². The first-order valence-electron chi connectivity index (χ1n) is 5.61. The molecule has 0 aliphatic heterocycles. The number of nitrogens with one attached hydrogen (secondary N) is 1. The van der Waals surface area contributed by atoms with Crippen molar-refractivity contribution in [3.8, 4) is 17.2 Å². The highest BCUT2D eigenvalue weighted by Gasteiger charge is 2.08. The van der Waals surface area contributed by atoms with Gasteiger partial charge in [0, 0.05) is 22.6 Å². The van der Waals surface area contributed by atoms with Crippen LogP contribution in [0.1, 0.15) is 22.6 Å². The molecule has 0 fully saturated rings. The highest BCUT2D eigenvalue weighted by atomic mass is 16.1. The summed E-state index contributed by atoms with van der Waals surface area (Å²) >= 11 is 0. The highest BCUT2D eigenvalue weighted by molar-refractivity contribution is 5.67. The maximum atomic E-state index is 11.5. The second kappa shape index (κ2) is 4.46. The van der Waals surface area contributed by atoms with Crippen LogP contribution in [0.5, 0.6) is 0 Å². The Balaban J connectivity index is 2.71. The van der Waals surface area contributed by atoms with E-state index in [0.717, 1.165) is 28.2 Å².